The molecule has 2 atom stereocenters. The Morgan fingerprint density at radius 2 is 2.33 bits per heavy atom. The summed E-state index contributed by atoms with van der Waals surface area (Å²) < 4.78 is 2.33. The lowest BCUT2D eigenvalue weighted by atomic mass is 10.0. The van der Waals surface area contributed by atoms with Crippen molar-refractivity contribution in [2.45, 2.75) is 44.6 Å². The minimum atomic E-state index is 0.0949. The summed E-state index contributed by atoms with van der Waals surface area (Å²) in [6, 6.07) is 4.70. The van der Waals surface area contributed by atoms with Gasteiger partial charge in [0.2, 0.25) is 0 Å². The zero-order valence-electron chi connectivity index (χ0n) is 13.6. The van der Waals surface area contributed by atoms with Gasteiger partial charge in [0, 0.05) is 30.5 Å². The van der Waals surface area contributed by atoms with Crippen molar-refractivity contribution in [2.75, 3.05) is 6.61 Å². The second-order valence-corrected chi connectivity index (χ2v) is 6.63. The second-order valence-electron chi connectivity index (χ2n) is 6.63. The van der Waals surface area contributed by atoms with Crippen LogP contribution in [0.3, 0.4) is 0 Å². The Bertz CT molecular complexity index is 903. The van der Waals surface area contributed by atoms with E-state index in [-0.39, 0.29) is 6.61 Å². The van der Waals surface area contributed by atoms with Crippen LogP contribution in [-0.2, 0) is 6.42 Å². The molecular weight excluding hydrogens is 302 g/mol. The lowest BCUT2D eigenvalue weighted by Crippen LogP contribution is -2.11. The molecule has 1 aliphatic rings. The molecule has 0 bridgehead atoms. The summed E-state index contributed by atoms with van der Waals surface area (Å²) in [5.74, 6) is 1.55. The fourth-order valence-corrected chi connectivity index (χ4v) is 4.12. The fraction of sp³-hybridized carbons (Fsp3) is 0.500. The Balaban J connectivity index is 1.79. The van der Waals surface area contributed by atoms with Crippen LogP contribution < -0.4 is 0 Å². The highest BCUT2D eigenvalue weighted by Gasteiger charge is 2.29. The van der Waals surface area contributed by atoms with Crippen molar-refractivity contribution < 1.29 is 5.11 Å². The Morgan fingerprint density at radius 1 is 1.42 bits per heavy atom. The molecule has 1 saturated carbocycles. The zero-order chi connectivity index (χ0) is 16.5. The highest BCUT2D eigenvalue weighted by Crippen LogP contribution is 2.40. The average Bonchev–Trinajstić information content (AvgIpc) is 3.29. The average molecular weight is 323 g/mol. The Hall–Kier alpha value is -2.39. The summed E-state index contributed by atoms with van der Waals surface area (Å²) in [5, 5.41) is 19.4. The smallest absolute Gasteiger partial charge is 0.139 e. The summed E-state index contributed by atoms with van der Waals surface area (Å²) >= 11 is 0. The number of nitrogens with zero attached hydrogens (tertiary/aromatic N) is 4. The van der Waals surface area contributed by atoms with E-state index < -0.39 is 0 Å². The third-order valence-electron chi connectivity index (χ3n) is 5.19. The first-order valence-electron chi connectivity index (χ1n) is 8.62. The Morgan fingerprint density at radius 3 is 3.17 bits per heavy atom. The standard InChI is InChI=1S/C18H21N5O/c19-7-1-2-12-3-4-13(10-12)23-16(6-9-24)22-15-11-21-18-14(17(15)23)5-8-20-18/h5,8,11-13,24H,1-4,6,9-10H2,(H,20,21)/t12-,13+/m0/s1. The van der Waals surface area contributed by atoms with Gasteiger partial charge in [0.25, 0.3) is 0 Å². The van der Waals surface area contributed by atoms with Gasteiger partial charge in [0.1, 0.15) is 17.0 Å². The van der Waals surface area contributed by atoms with E-state index in [1.54, 1.807) is 0 Å². The zero-order valence-corrected chi connectivity index (χ0v) is 13.6. The third kappa shape index (κ3) is 2.45. The predicted molar refractivity (Wildman–Crippen MR) is 91.4 cm³/mol. The fourth-order valence-electron chi connectivity index (χ4n) is 4.12. The van der Waals surface area contributed by atoms with Crippen LogP contribution in [0.5, 0.6) is 0 Å². The van der Waals surface area contributed by atoms with Crippen LogP contribution in [0.15, 0.2) is 18.5 Å². The molecule has 124 valence electrons. The molecule has 2 N–H and O–H groups in total. The molecule has 3 aromatic heterocycles. The SMILES string of the molecule is N#CCC[C@H]1CC[C@@H](n2c(CCO)nc3cnc4[nH]ccc4c32)C1. The minimum Gasteiger partial charge on any atom is -0.396 e. The summed E-state index contributed by atoms with van der Waals surface area (Å²) in [5.41, 5.74) is 2.89. The highest BCUT2D eigenvalue weighted by atomic mass is 16.3. The molecule has 6 heteroatoms. The molecule has 3 heterocycles. The van der Waals surface area contributed by atoms with E-state index in [4.69, 9.17) is 10.2 Å². The monoisotopic (exact) mass is 323 g/mol. The normalized spacial score (nSPS) is 20.8. The van der Waals surface area contributed by atoms with Crippen LogP contribution in [0.1, 0.15) is 44.0 Å². The van der Waals surface area contributed by atoms with Gasteiger partial charge in [-0.3, -0.25) is 0 Å². The summed E-state index contributed by atoms with van der Waals surface area (Å²) in [4.78, 5) is 12.3. The van der Waals surface area contributed by atoms with Crippen LogP contribution in [0.2, 0.25) is 0 Å². The van der Waals surface area contributed by atoms with E-state index in [0.717, 1.165) is 53.6 Å². The quantitative estimate of drug-likeness (QED) is 0.755. The van der Waals surface area contributed by atoms with Crippen molar-refractivity contribution in [3.63, 3.8) is 0 Å². The maximum atomic E-state index is 9.44. The number of nitrogens with one attached hydrogen (secondary N) is 1. The van der Waals surface area contributed by atoms with Crippen molar-refractivity contribution in [1.82, 2.24) is 19.5 Å². The molecule has 0 aliphatic heterocycles. The summed E-state index contributed by atoms with van der Waals surface area (Å²) in [7, 11) is 0. The number of nitriles is 1. The number of fused-ring (bicyclic) bond motifs is 3. The molecule has 24 heavy (non-hydrogen) atoms. The lowest BCUT2D eigenvalue weighted by Gasteiger charge is -2.17. The number of aliphatic hydroxyl groups is 1. The topological polar surface area (TPSA) is 90.5 Å². The molecule has 0 radical (unpaired) electrons. The minimum absolute atomic E-state index is 0.0949. The van der Waals surface area contributed by atoms with Crippen molar-refractivity contribution in [2.24, 2.45) is 5.92 Å². The van der Waals surface area contributed by atoms with Gasteiger partial charge in [0.15, 0.2) is 0 Å². The van der Waals surface area contributed by atoms with Gasteiger partial charge in [-0.2, -0.15) is 5.26 Å². The van der Waals surface area contributed by atoms with Crippen molar-refractivity contribution in [1.29, 1.82) is 5.26 Å². The van der Waals surface area contributed by atoms with Gasteiger partial charge in [0.05, 0.1) is 24.4 Å². The van der Waals surface area contributed by atoms with Crippen LogP contribution in [-0.4, -0.2) is 31.2 Å². The lowest BCUT2D eigenvalue weighted by molar-refractivity contribution is 0.293. The van der Waals surface area contributed by atoms with Crippen LogP contribution in [0.4, 0.5) is 0 Å². The van der Waals surface area contributed by atoms with E-state index in [1.165, 1.54) is 0 Å². The molecule has 6 nitrogen and oxygen atoms in total. The predicted octanol–water partition coefficient (Wildman–Crippen LogP) is 3.09. The number of aromatic nitrogens is 4. The van der Waals surface area contributed by atoms with E-state index in [2.05, 4.69) is 20.6 Å². The molecule has 0 spiro atoms. The first-order chi connectivity index (χ1) is 11.8. The van der Waals surface area contributed by atoms with Gasteiger partial charge >= 0.3 is 0 Å². The molecule has 0 saturated heterocycles. The van der Waals surface area contributed by atoms with Gasteiger partial charge in [-0.1, -0.05) is 0 Å². The van der Waals surface area contributed by atoms with Crippen LogP contribution in [0.25, 0.3) is 22.1 Å². The van der Waals surface area contributed by atoms with Crippen molar-refractivity contribution in [3.05, 3.63) is 24.3 Å². The molecule has 0 unspecified atom stereocenters. The summed E-state index contributed by atoms with van der Waals surface area (Å²) in [6.07, 6.45) is 9.24. The number of aliphatic hydroxyl groups excluding tert-OH is 1. The molecule has 1 aliphatic carbocycles. The number of hydrogen-bond acceptors (Lipinski definition) is 4. The van der Waals surface area contributed by atoms with Crippen LogP contribution in [0, 0.1) is 17.2 Å². The van der Waals surface area contributed by atoms with Crippen LogP contribution >= 0.6 is 0 Å². The van der Waals surface area contributed by atoms with Crippen molar-refractivity contribution >= 4 is 22.1 Å². The molecule has 1 fully saturated rings. The number of imidazole rings is 1. The van der Waals surface area contributed by atoms with E-state index >= 15 is 0 Å². The van der Waals surface area contributed by atoms with Gasteiger partial charge in [-0.15, -0.1) is 0 Å². The largest absolute Gasteiger partial charge is 0.396 e. The molecular formula is C18H21N5O. The maximum absolute atomic E-state index is 9.44. The first-order valence-corrected chi connectivity index (χ1v) is 8.62. The second kappa shape index (κ2) is 6.25. The van der Waals surface area contributed by atoms with Gasteiger partial charge in [-0.25, -0.2) is 9.97 Å². The summed E-state index contributed by atoms with van der Waals surface area (Å²) in [6.45, 7) is 0.0949. The Labute approximate surface area is 140 Å². The van der Waals surface area contributed by atoms with Gasteiger partial charge in [-0.05, 0) is 37.7 Å². The number of aromatic amines is 1. The number of H-pyrrole nitrogens is 1. The van der Waals surface area contributed by atoms with Crippen molar-refractivity contribution in [3.8, 4) is 6.07 Å². The van der Waals surface area contributed by atoms with E-state index in [9.17, 15) is 5.11 Å². The maximum Gasteiger partial charge on any atom is 0.139 e. The molecule has 3 aromatic rings. The van der Waals surface area contributed by atoms with Gasteiger partial charge < -0.3 is 14.7 Å². The van der Waals surface area contributed by atoms with E-state index in [1.807, 2.05) is 18.5 Å². The highest BCUT2D eigenvalue weighted by molar-refractivity contribution is 6.01. The molecule has 0 aromatic carbocycles. The number of hydrogen-bond donors (Lipinski definition) is 2. The molecule has 4 rings (SSSR count). The Kier molecular flexibility index (Phi) is 3.95. The van der Waals surface area contributed by atoms with E-state index in [0.29, 0.717) is 24.8 Å². The molecule has 0 amide bonds. The first kappa shape index (κ1) is 15.2. The number of pyridine rings is 1. The number of rotatable bonds is 5. The third-order valence-corrected chi connectivity index (χ3v) is 5.19.